The van der Waals surface area contributed by atoms with Crippen molar-refractivity contribution < 1.29 is 5.11 Å². The summed E-state index contributed by atoms with van der Waals surface area (Å²) in [4.78, 5) is 2.51. The monoisotopic (exact) mass is 183 g/mol. The molecule has 2 heteroatoms. The van der Waals surface area contributed by atoms with E-state index in [1.54, 1.807) is 0 Å². The van der Waals surface area contributed by atoms with Gasteiger partial charge in [0.25, 0.3) is 0 Å². The Balaban J connectivity index is 1.62. The Hall–Kier alpha value is -0.0800. The lowest BCUT2D eigenvalue weighted by Crippen LogP contribution is -2.50. The lowest BCUT2D eigenvalue weighted by molar-refractivity contribution is 0.0368. The number of hydrogen-bond donors (Lipinski definition) is 1. The first-order chi connectivity index (χ1) is 6.38. The van der Waals surface area contributed by atoms with E-state index in [4.69, 9.17) is 5.11 Å². The Morgan fingerprint density at radius 3 is 2.31 bits per heavy atom. The Kier molecular flexibility index (Phi) is 3.23. The molecule has 13 heavy (non-hydrogen) atoms. The normalized spacial score (nSPS) is 27.5. The van der Waals surface area contributed by atoms with Crippen LogP contribution in [0.5, 0.6) is 0 Å². The van der Waals surface area contributed by atoms with Crippen molar-refractivity contribution in [3.05, 3.63) is 0 Å². The molecule has 1 heterocycles. The maximum atomic E-state index is 8.88. The minimum atomic E-state index is 0.390. The van der Waals surface area contributed by atoms with Crippen molar-refractivity contribution in [2.24, 2.45) is 11.8 Å². The van der Waals surface area contributed by atoms with Crippen LogP contribution in [0.3, 0.4) is 0 Å². The van der Waals surface area contributed by atoms with Crippen molar-refractivity contribution in [3.63, 3.8) is 0 Å². The molecule has 2 nitrogen and oxygen atoms in total. The van der Waals surface area contributed by atoms with Gasteiger partial charge in [-0.2, -0.15) is 0 Å². The van der Waals surface area contributed by atoms with Crippen LogP contribution in [0.25, 0.3) is 0 Å². The average molecular weight is 183 g/mol. The second kappa shape index (κ2) is 4.43. The van der Waals surface area contributed by atoms with E-state index in [9.17, 15) is 0 Å². The maximum absolute atomic E-state index is 8.88. The highest BCUT2D eigenvalue weighted by Crippen LogP contribution is 2.26. The lowest BCUT2D eigenvalue weighted by atomic mass is 9.87. The first-order valence-corrected chi connectivity index (χ1v) is 5.71. The SMILES string of the molecule is OCC1CN(CC2CCCCC2)C1. The first kappa shape index (κ1) is 9.47. The summed E-state index contributed by atoms with van der Waals surface area (Å²) in [6.07, 6.45) is 7.24. The van der Waals surface area contributed by atoms with E-state index in [-0.39, 0.29) is 0 Å². The van der Waals surface area contributed by atoms with Crippen LogP contribution in [0.1, 0.15) is 32.1 Å². The Labute approximate surface area is 80.9 Å². The molecule has 1 N–H and O–H groups in total. The van der Waals surface area contributed by atoms with Gasteiger partial charge < -0.3 is 10.0 Å². The Morgan fingerprint density at radius 1 is 1.00 bits per heavy atom. The number of likely N-dealkylation sites (tertiary alicyclic amines) is 1. The minimum absolute atomic E-state index is 0.390. The van der Waals surface area contributed by atoms with Gasteiger partial charge in [0.1, 0.15) is 0 Å². The fourth-order valence-electron chi connectivity index (χ4n) is 2.68. The molecule has 1 aliphatic heterocycles. The van der Waals surface area contributed by atoms with E-state index >= 15 is 0 Å². The first-order valence-electron chi connectivity index (χ1n) is 5.71. The average Bonchev–Trinajstić information content (AvgIpc) is 2.12. The third-order valence-electron chi connectivity index (χ3n) is 3.53. The van der Waals surface area contributed by atoms with Gasteiger partial charge in [0, 0.05) is 32.2 Å². The minimum Gasteiger partial charge on any atom is -0.396 e. The summed E-state index contributed by atoms with van der Waals surface area (Å²) >= 11 is 0. The van der Waals surface area contributed by atoms with Crippen LogP contribution < -0.4 is 0 Å². The van der Waals surface area contributed by atoms with Crippen LogP contribution >= 0.6 is 0 Å². The fraction of sp³-hybridized carbons (Fsp3) is 1.00. The predicted molar refractivity (Wildman–Crippen MR) is 53.6 cm³/mol. The molecule has 2 aliphatic rings. The van der Waals surface area contributed by atoms with E-state index in [0.29, 0.717) is 12.5 Å². The fourth-order valence-corrected chi connectivity index (χ4v) is 2.68. The molecule has 0 bridgehead atoms. The number of rotatable bonds is 3. The van der Waals surface area contributed by atoms with Gasteiger partial charge in [-0.05, 0) is 18.8 Å². The molecule has 2 fully saturated rings. The van der Waals surface area contributed by atoms with Crippen molar-refractivity contribution in [2.75, 3.05) is 26.2 Å². The summed E-state index contributed by atoms with van der Waals surface area (Å²) < 4.78 is 0. The summed E-state index contributed by atoms with van der Waals surface area (Å²) in [5.41, 5.74) is 0. The molecule has 0 aromatic rings. The van der Waals surface area contributed by atoms with Crippen LogP contribution in [0.4, 0.5) is 0 Å². The highest BCUT2D eigenvalue weighted by atomic mass is 16.3. The molecule has 0 atom stereocenters. The second-order valence-corrected chi connectivity index (χ2v) is 4.77. The lowest BCUT2D eigenvalue weighted by Gasteiger charge is -2.41. The number of aliphatic hydroxyl groups excluding tert-OH is 1. The molecular formula is C11H21NO. The van der Waals surface area contributed by atoms with E-state index in [0.717, 1.165) is 19.0 Å². The van der Waals surface area contributed by atoms with Crippen molar-refractivity contribution in [3.8, 4) is 0 Å². The van der Waals surface area contributed by atoms with Gasteiger partial charge >= 0.3 is 0 Å². The van der Waals surface area contributed by atoms with Gasteiger partial charge in [0.05, 0.1) is 0 Å². The molecule has 0 aromatic carbocycles. The molecule has 0 aromatic heterocycles. The highest BCUT2D eigenvalue weighted by Gasteiger charge is 2.27. The molecule has 0 radical (unpaired) electrons. The van der Waals surface area contributed by atoms with Crippen LogP contribution in [-0.2, 0) is 0 Å². The van der Waals surface area contributed by atoms with Crippen LogP contribution in [-0.4, -0.2) is 36.2 Å². The Bertz CT molecular complexity index is 148. The molecule has 0 unspecified atom stereocenters. The zero-order valence-corrected chi connectivity index (χ0v) is 8.41. The van der Waals surface area contributed by atoms with Crippen molar-refractivity contribution in [1.29, 1.82) is 0 Å². The van der Waals surface area contributed by atoms with Crippen molar-refractivity contribution in [2.45, 2.75) is 32.1 Å². The van der Waals surface area contributed by atoms with Gasteiger partial charge in [-0.15, -0.1) is 0 Å². The zero-order chi connectivity index (χ0) is 9.10. The molecule has 1 saturated carbocycles. The third-order valence-corrected chi connectivity index (χ3v) is 3.53. The summed E-state index contributed by atoms with van der Waals surface area (Å²) in [6, 6.07) is 0. The number of nitrogens with zero attached hydrogens (tertiary/aromatic N) is 1. The van der Waals surface area contributed by atoms with Gasteiger partial charge in [-0.1, -0.05) is 19.3 Å². The zero-order valence-electron chi connectivity index (χ0n) is 8.41. The van der Waals surface area contributed by atoms with Crippen LogP contribution in [0.2, 0.25) is 0 Å². The molecule has 76 valence electrons. The quantitative estimate of drug-likeness (QED) is 0.716. The van der Waals surface area contributed by atoms with Crippen molar-refractivity contribution >= 4 is 0 Å². The predicted octanol–water partition coefficient (Wildman–Crippen LogP) is 1.49. The second-order valence-electron chi connectivity index (χ2n) is 4.77. The van der Waals surface area contributed by atoms with Gasteiger partial charge in [-0.3, -0.25) is 0 Å². The van der Waals surface area contributed by atoms with Crippen molar-refractivity contribution in [1.82, 2.24) is 4.90 Å². The van der Waals surface area contributed by atoms with Gasteiger partial charge in [0.15, 0.2) is 0 Å². The largest absolute Gasteiger partial charge is 0.396 e. The van der Waals surface area contributed by atoms with Gasteiger partial charge in [0.2, 0.25) is 0 Å². The molecule has 1 aliphatic carbocycles. The standard InChI is InChI=1S/C11H21NO/c13-9-11-7-12(8-11)6-10-4-2-1-3-5-10/h10-11,13H,1-9H2. The number of aliphatic hydroxyl groups is 1. The summed E-state index contributed by atoms with van der Waals surface area (Å²) in [6.45, 7) is 3.98. The highest BCUT2D eigenvalue weighted by molar-refractivity contribution is 4.81. The number of hydrogen-bond acceptors (Lipinski definition) is 2. The molecular weight excluding hydrogens is 162 g/mol. The summed E-state index contributed by atoms with van der Waals surface area (Å²) in [5, 5.41) is 8.88. The smallest absolute Gasteiger partial charge is 0.0483 e. The van der Waals surface area contributed by atoms with Crippen LogP contribution in [0.15, 0.2) is 0 Å². The maximum Gasteiger partial charge on any atom is 0.0483 e. The van der Waals surface area contributed by atoms with Crippen LogP contribution in [0, 0.1) is 11.8 Å². The van der Waals surface area contributed by atoms with E-state index in [2.05, 4.69) is 4.90 Å². The Morgan fingerprint density at radius 2 is 1.69 bits per heavy atom. The van der Waals surface area contributed by atoms with Gasteiger partial charge in [-0.25, -0.2) is 0 Å². The molecule has 2 rings (SSSR count). The third kappa shape index (κ3) is 2.44. The topological polar surface area (TPSA) is 23.5 Å². The summed E-state index contributed by atoms with van der Waals surface area (Å²) in [5.74, 6) is 1.55. The molecule has 0 amide bonds. The van der Waals surface area contributed by atoms with E-state index < -0.39 is 0 Å². The molecule has 1 saturated heterocycles. The summed E-state index contributed by atoms with van der Waals surface area (Å²) in [7, 11) is 0. The molecule has 0 spiro atoms. The van der Waals surface area contributed by atoms with E-state index in [1.165, 1.54) is 38.6 Å². The van der Waals surface area contributed by atoms with E-state index in [1.807, 2.05) is 0 Å².